The highest BCUT2D eigenvalue weighted by atomic mass is 32.2. The first-order chi connectivity index (χ1) is 16.0. The average Bonchev–Trinajstić information content (AvgIpc) is 3.12. The number of nitro groups is 1. The number of ether oxygens (including phenoxy) is 1. The van der Waals surface area contributed by atoms with Gasteiger partial charge in [0.25, 0.3) is 5.69 Å². The first-order valence-corrected chi connectivity index (χ1v) is 11.5. The van der Waals surface area contributed by atoms with Crippen molar-refractivity contribution in [2.75, 3.05) is 17.7 Å². The van der Waals surface area contributed by atoms with E-state index in [0.29, 0.717) is 17.5 Å². The Hall–Kier alpha value is -3.73. The summed E-state index contributed by atoms with van der Waals surface area (Å²) >= 11 is 1.12. The van der Waals surface area contributed by atoms with Crippen molar-refractivity contribution in [3.63, 3.8) is 0 Å². The highest BCUT2D eigenvalue weighted by Crippen LogP contribution is 2.30. The van der Waals surface area contributed by atoms with E-state index >= 15 is 0 Å². The molecule has 33 heavy (non-hydrogen) atoms. The number of aromatic nitrogens is 4. The summed E-state index contributed by atoms with van der Waals surface area (Å²) in [7, 11) is 0. The fourth-order valence-electron chi connectivity index (χ4n) is 3.54. The number of aryl methyl sites for hydroxylation is 1. The third-order valence-corrected chi connectivity index (χ3v) is 5.72. The zero-order valence-electron chi connectivity index (χ0n) is 18.1. The summed E-state index contributed by atoms with van der Waals surface area (Å²) < 4.78 is 7.40. The molecule has 4 aromatic rings. The Labute approximate surface area is 193 Å². The summed E-state index contributed by atoms with van der Waals surface area (Å²) in [4.78, 5) is 27.9. The summed E-state index contributed by atoms with van der Waals surface area (Å²) in [5.41, 5.74) is 2.35. The molecule has 0 bridgehead atoms. The molecule has 10 nitrogen and oxygen atoms in total. The first-order valence-electron chi connectivity index (χ1n) is 10.5. The molecular weight excluding hydrogens is 444 g/mol. The van der Waals surface area contributed by atoms with E-state index < -0.39 is 10.8 Å². The van der Waals surface area contributed by atoms with Gasteiger partial charge in [0.2, 0.25) is 11.1 Å². The third kappa shape index (κ3) is 4.72. The fraction of sp³-hybridized carbons (Fsp3) is 0.273. The number of hydrogen-bond acceptors (Lipinski definition) is 8. The highest BCUT2D eigenvalue weighted by molar-refractivity contribution is 7.99. The largest absolute Gasteiger partial charge is 0.494 e. The molecule has 1 N–H and O–H groups in total. The van der Waals surface area contributed by atoms with Crippen molar-refractivity contribution in [3.8, 4) is 5.75 Å². The molecule has 0 saturated carbocycles. The molecule has 0 radical (unpaired) electrons. The van der Waals surface area contributed by atoms with Gasteiger partial charge in [-0.05, 0) is 31.5 Å². The number of nitrogens with one attached hydrogen (secondary N) is 1. The molecule has 0 aliphatic rings. The second kappa shape index (κ2) is 9.82. The minimum Gasteiger partial charge on any atom is -0.494 e. The van der Waals surface area contributed by atoms with Crippen molar-refractivity contribution < 1.29 is 14.5 Å². The molecule has 2 aromatic heterocycles. The molecule has 2 heterocycles. The van der Waals surface area contributed by atoms with Gasteiger partial charge in [0.15, 0.2) is 5.65 Å². The molecule has 2 aromatic carbocycles. The summed E-state index contributed by atoms with van der Waals surface area (Å²) in [6, 6.07) is 12.3. The number of rotatable bonds is 9. The normalized spacial score (nSPS) is 11.1. The number of para-hydroxylation sites is 1. The Morgan fingerprint density at radius 3 is 2.79 bits per heavy atom. The van der Waals surface area contributed by atoms with Gasteiger partial charge in [-0.2, -0.15) is 0 Å². The van der Waals surface area contributed by atoms with Gasteiger partial charge in [-0.1, -0.05) is 36.9 Å². The maximum absolute atomic E-state index is 12.5. The molecule has 0 aliphatic heterocycles. The minimum absolute atomic E-state index is 0.0223. The molecule has 0 unspecified atom stereocenters. The molecule has 0 atom stereocenters. The van der Waals surface area contributed by atoms with Crippen LogP contribution in [0, 0.1) is 10.1 Å². The molecule has 1 amide bonds. The number of carbonyl (C=O) groups excluding carboxylic acids is 1. The van der Waals surface area contributed by atoms with Crippen molar-refractivity contribution >= 4 is 51.1 Å². The monoisotopic (exact) mass is 466 g/mol. The quantitative estimate of drug-likeness (QED) is 0.218. The molecule has 4 rings (SSSR count). The van der Waals surface area contributed by atoms with Crippen LogP contribution in [0.25, 0.3) is 22.1 Å². The summed E-state index contributed by atoms with van der Waals surface area (Å²) in [5.74, 6) is -0.0668. The second-order valence-corrected chi connectivity index (χ2v) is 8.08. The lowest BCUT2D eigenvalue weighted by atomic mass is 10.2. The Kier molecular flexibility index (Phi) is 6.68. The van der Waals surface area contributed by atoms with Crippen LogP contribution in [0.1, 0.15) is 20.3 Å². The van der Waals surface area contributed by atoms with E-state index in [1.165, 1.54) is 12.1 Å². The SMILES string of the molecule is CCCn1c2ccccc2c2nnc(SCC(=O)Nc3ccc(OCC)cc3[N+](=O)[O-])nc21. The Bertz CT molecular complexity index is 1340. The van der Waals surface area contributed by atoms with Crippen LogP contribution in [0.5, 0.6) is 5.75 Å². The Balaban J connectivity index is 1.52. The van der Waals surface area contributed by atoms with Crippen LogP contribution in [-0.2, 0) is 11.3 Å². The number of nitro benzene ring substituents is 1. The lowest BCUT2D eigenvalue weighted by Crippen LogP contribution is -2.15. The second-order valence-electron chi connectivity index (χ2n) is 7.14. The minimum atomic E-state index is -0.557. The van der Waals surface area contributed by atoms with Crippen LogP contribution in [0.2, 0.25) is 0 Å². The molecule has 0 aliphatic carbocycles. The van der Waals surface area contributed by atoms with E-state index in [1.54, 1.807) is 13.0 Å². The zero-order valence-corrected chi connectivity index (χ0v) is 19.0. The van der Waals surface area contributed by atoms with Gasteiger partial charge in [-0.15, -0.1) is 10.2 Å². The molecule has 170 valence electrons. The Morgan fingerprint density at radius 2 is 2.03 bits per heavy atom. The van der Waals surface area contributed by atoms with Gasteiger partial charge in [0.1, 0.15) is 17.0 Å². The number of anilines is 1. The van der Waals surface area contributed by atoms with Gasteiger partial charge in [-0.25, -0.2) is 4.98 Å². The number of fused-ring (bicyclic) bond motifs is 3. The molecule has 0 spiro atoms. The summed E-state index contributed by atoms with van der Waals surface area (Å²) in [5, 5.41) is 23.8. The maximum atomic E-state index is 12.5. The zero-order chi connectivity index (χ0) is 23.4. The number of amides is 1. The van der Waals surface area contributed by atoms with E-state index in [-0.39, 0.29) is 17.1 Å². The number of nitrogens with zero attached hydrogens (tertiary/aromatic N) is 5. The molecule has 11 heteroatoms. The maximum Gasteiger partial charge on any atom is 0.296 e. The van der Waals surface area contributed by atoms with Gasteiger partial charge in [0.05, 0.1) is 28.9 Å². The number of hydrogen-bond donors (Lipinski definition) is 1. The van der Waals surface area contributed by atoms with Crippen molar-refractivity contribution in [2.24, 2.45) is 0 Å². The van der Waals surface area contributed by atoms with E-state index in [2.05, 4.69) is 32.0 Å². The summed E-state index contributed by atoms with van der Waals surface area (Å²) in [6.45, 7) is 5.05. The van der Waals surface area contributed by atoms with Crippen molar-refractivity contribution in [2.45, 2.75) is 32.0 Å². The van der Waals surface area contributed by atoms with E-state index in [0.717, 1.165) is 46.8 Å². The lowest BCUT2D eigenvalue weighted by molar-refractivity contribution is -0.384. The smallest absolute Gasteiger partial charge is 0.296 e. The fourth-order valence-corrected chi connectivity index (χ4v) is 4.12. The van der Waals surface area contributed by atoms with E-state index in [9.17, 15) is 14.9 Å². The van der Waals surface area contributed by atoms with E-state index in [4.69, 9.17) is 4.74 Å². The van der Waals surface area contributed by atoms with Gasteiger partial charge >= 0.3 is 0 Å². The summed E-state index contributed by atoms with van der Waals surface area (Å²) in [6.07, 6.45) is 0.934. The van der Waals surface area contributed by atoms with Gasteiger partial charge in [-0.3, -0.25) is 14.9 Å². The lowest BCUT2D eigenvalue weighted by Gasteiger charge is -2.08. The number of thioether (sulfide) groups is 1. The third-order valence-electron chi connectivity index (χ3n) is 4.89. The average molecular weight is 467 g/mol. The van der Waals surface area contributed by atoms with Crippen molar-refractivity contribution in [1.29, 1.82) is 0 Å². The van der Waals surface area contributed by atoms with Crippen LogP contribution >= 0.6 is 11.8 Å². The highest BCUT2D eigenvalue weighted by Gasteiger charge is 2.19. The van der Waals surface area contributed by atoms with Crippen molar-refractivity contribution in [3.05, 3.63) is 52.6 Å². The topological polar surface area (TPSA) is 125 Å². The number of carbonyl (C=O) groups is 1. The molecule has 0 fully saturated rings. The van der Waals surface area contributed by atoms with Gasteiger partial charge in [0, 0.05) is 11.9 Å². The Morgan fingerprint density at radius 1 is 1.21 bits per heavy atom. The van der Waals surface area contributed by atoms with Crippen LogP contribution in [0.4, 0.5) is 11.4 Å². The standard InChI is InChI=1S/C22H22N6O4S/c1-3-11-27-17-8-6-5-7-15(17)20-21(27)24-22(26-25-20)33-13-19(29)23-16-10-9-14(32-4-2)12-18(16)28(30)31/h5-10,12H,3-4,11,13H2,1-2H3,(H,23,29). The van der Waals surface area contributed by atoms with Crippen LogP contribution < -0.4 is 10.1 Å². The predicted molar refractivity (Wildman–Crippen MR) is 127 cm³/mol. The molecule has 0 saturated heterocycles. The van der Waals surface area contributed by atoms with Crippen LogP contribution in [0.15, 0.2) is 47.6 Å². The van der Waals surface area contributed by atoms with Crippen molar-refractivity contribution in [1.82, 2.24) is 19.7 Å². The number of benzene rings is 2. The van der Waals surface area contributed by atoms with E-state index in [1.807, 2.05) is 24.3 Å². The van der Waals surface area contributed by atoms with Crippen LogP contribution in [0.3, 0.4) is 0 Å². The predicted octanol–water partition coefficient (Wildman–Crippen LogP) is 4.43. The van der Waals surface area contributed by atoms with Crippen LogP contribution in [-0.4, -0.2) is 42.9 Å². The molecular formula is C22H22N6O4S. The first kappa shape index (κ1) is 22.5. The van der Waals surface area contributed by atoms with Gasteiger partial charge < -0.3 is 14.6 Å².